The largest absolute Gasteiger partial charge is 0.383 e. The number of amides is 1. The van der Waals surface area contributed by atoms with Crippen LogP contribution in [0.3, 0.4) is 0 Å². The van der Waals surface area contributed by atoms with Crippen molar-refractivity contribution in [3.63, 3.8) is 0 Å². The Balaban J connectivity index is 2.48. The Bertz CT molecular complexity index is 733. The lowest BCUT2D eigenvalue weighted by atomic mass is 10.3. The number of nitrogens with zero attached hydrogens (tertiary/aromatic N) is 3. The van der Waals surface area contributed by atoms with Gasteiger partial charge in [-0.05, 0) is 12.1 Å². The van der Waals surface area contributed by atoms with Gasteiger partial charge in [-0.3, -0.25) is 14.2 Å². The first-order chi connectivity index (χ1) is 10.5. The summed E-state index contributed by atoms with van der Waals surface area (Å²) in [5.74, 6) is -0.942. The molecule has 2 aromatic rings. The van der Waals surface area contributed by atoms with Crippen LogP contribution in [0.1, 0.15) is 10.5 Å². The third-order valence-corrected chi connectivity index (χ3v) is 2.85. The number of carbonyl (C=O) groups excluding carboxylic acids is 1. The molecule has 0 aliphatic heterocycles. The molecule has 0 aromatic carbocycles. The van der Waals surface area contributed by atoms with Crippen LogP contribution in [0.4, 0.5) is 8.78 Å². The summed E-state index contributed by atoms with van der Waals surface area (Å²) in [6, 6.07) is 3.18. The van der Waals surface area contributed by atoms with E-state index in [-0.39, 0.29) is 13.2 Å². The Morgan fingerprint density at radius 3 is 2.95 bits per heavy atom. The molecule has 0 spiro atoms. The highest BCUT2D eigenvalue weighted by Crippen LogP contribution is 2.07. The van der Waals surface area contributed by atoms with Gasteiger partial charge in [0, 0.05) is 13.3 Å². The molecule has 1 N–H and O–H groups in total. The molecule has 0 unspecified atom stereocenters. The van der Waals surface area contributed by atoms with Crippen molar-refractivity contribution >= 4 is 17.1 Å². The molecule has 2 heterocycles. The van der Waals surface area contributed by atoms with Gasteiger partial charge < -0.3 is 10.1 Å². The van der Waals surface area contributed by atoms with Crippen LogP contribution in [-0.2, 0) is 11.3 Å². The number of carbonyl (C=O) groups is 1. The molecular formula is C13H14F2N4O3. The number of nitrogens with one attached hydrogen (secondary N) is 1. The van der Waals surface area contributed by atoms with Gasteiger partial charge in [0.25, 0.3) is 17.9 Å². The number of alkyl halides is 2. The summed E-state index contributed by atoms with van der Waals surface area (Å²) in [4.78, 5) is 32.2. The van der Waals surface area contributed by atoms with Crippen LogP contribution in [0, 0.1) is 0 Å². The quantitative estimate of drug-likeness (QED) is 0.836. The first-order valence-corrected chi connectivity index (χ1v) is 6.45. The molecule has 118 valence electrons. The number of rotatable bonds is 6. The zero-order chi connectivity index (χ0) is 16.1. The van der Waals surface area contributed by atoms with Crippen LogP contribution in [0.5, 0.6) is 0 Å². The molecule has 0 fully saturated rings. The Hall–Kier alpha value is -2.42. The first kappa shape index (κ1) is 16.0. The van der Waals surface area contributed by atoms with Crippen LogP contribution in [0.2, 0.25) is 0 Å². The molecule has 0 atom stereocenters. The average molecular weight is 312 g/mol. The van der Waals surface area contributed by atoms with Gasteiger partial charge in [0.1, 0.15) is 5.52 Å². The Kier molecular flexibility index (Phi) is 5.10. The van der Waals surface area contributed by atoms with Crippen LogP contribution in [0.25, 0.3) is 11.2 Å². The standard InChI is InChI=1S/C13H14F2N4O3/c1-22-6-5-19-11-8(3-2-4-16-11)18-10(13(19)21)12(20)17-7-9(14)15/h2-4,9H,5-7H2,1H3,(H,17,20). The fourth-order valence-corrected chi connectivity index (χ4v) is 1.87. The number of aromatic nitrogens is 3. The van der Waals surface area contributed by atoms with Crippen molar-refractivity contribution < 1.29 is 18.3 Å². The number of methoxy groups -OCH3 is 1. The summed E-state index contributed by atoms with van der Waals surface area (Å²) in [6.07, 6.45) is -1.22. The molecule has 9 heteroatoms. The molecule has 1 amide bonds. The Morgan fingerprint density at radius 2 is 2.27 bits per heavy atom. The second-order valence-corrected chi connectivity index (χ2v) is 4.36. The fraction of sp³-hybridized carbons (Fsp3) is 0.385. The maximum atomic E-state index is 12.3. The summed E-state index contributed by atoms with van der Waals surface area (Å²) >= 11 is 0. The van der Waals surface area contributed by atoms with Gasteiger partial charge in [0.05, 0.1) is 19.7 Å². The highest BCUT2D eigenvalue weighted by Gasteiger charge is 2.18. The fourth-order valence-electron chi connectivity index (χ4n) is 1.87. The van der Waals surface area contributed by atoms with E-state index in [2.05, 4.69) is 9.97 Å². The molecule has 2 rings (SSSR count). The van der Waals surface area contributed by atoms with Crippen LogP contribution < -0.4 is 10.9 Å². The number of hydrogen-bond acceptors (Lipinski definition) is 5. The third-order valence-electron chi connectivity index (χ3n) is 2.85. The highest BCUT2D eigenvalue weighted by atomic mass is 19.3. The van der Waals surface area contributed by atoms with E-state index in [1.807, 2.05) is 5.32 Å². The van der Waals surface area contributed by atoms with E-state index < -0.39 is 30.1 Å². The zero-order valence-electron chi connectivity index (χ0n) is 11.8. The highest BCUT2D eigenvalue weighted by molar-refractivity contribution is 5.93. The molecule has 2 aromatic heterocycles. The van der Waals surface area contributed by atoms with Gasteiger partial charge in [0.2, 0.25) is 0 Å². The van der Waals surface area contributed by atoms with Crippen molar-refractivity contribution in [3.8, 4) is 0 Å². The predicted octanol–water partition coefficient (Wildman–Crippen LogP) is 0.433. The molecule has 0 aliphatic rings. The molecule has 0 bridgehead atoms. The van der Waals surface area contributed by atoms with E-state index in [1.54, 1.807) is 12.1 Å². The molecule has 0 radical (unpaired) electrons. The minimum Gasteiger partial charge on any atom is -0.383 e. The number of fused-ring (bicyclic) bond motifs is 1. The summed E-state index contributed by atoms with van der Waals surface area (Å²) in [5, 5.41) is 1.97. The monoisotopic (exact) mass is 312 g/mol. The molecule has 0 aliphatic carbocycles. The topological polar surface area (TPSA) is 86.1 Å². The van der Waals surface area contributed by atoms with Crippen molar-refractivity contribution in [2.75, 3.05) is 20.3 Å². The van der Waals surface area contributed by atoms with Crippen molar-refractivity contribution in [1.82, 2.24) is 19.9 Å². The van der Waals surface area contributed by atoms with E-state index in [1.165, 1.54) is 17.9 Å². The maximum absolute atomic E-state index is 12.3. The third kappa shape index (κ3) is 3.42. The summed E-state index contributed by atoms with van der Waals surface area (Å²) in [6.45, 7) is -0.447. The van der Waals surface area contributed by atoms with E-state index >= 15 is 0 Å². The van der Waals surface area contributed by atoms with Gasteiger partial charge in [-0.2, -0.15) is 0 Å². The Labute approximate surface area is 123 Å². The lowest BCUT2D eigenvalue weighted by Gasteiger charge is -2.11. The minimum atomic E-state index is -2.71. The van der Waals surface area contributed by atoms with Crippen molar-refractivity contribution in [3.05, 3.63) is 34.4 Å². The van der Waals surface area contributed by atoms with Gasteiger partial charge in [-0.1, -0.05) is 0 Å². The Morgan fingerprint density at radius 1 is 1.50 bits per heavy atom. The van der Waals surface area contributed by atoms with Crippen LogP contribution in [-0.4, -0.2) is 47.1 Å². The summed E-state index contributed by atoms with van der Waals surface area (Å²) < 4.78 is 30.5. The number of ether oxygens (including phenoxy) is 1. The van der Waals surface area contributed by atoms with E-state index in [0.29, 0.717) is 11.2 Å². The second kappa shape index (κ2) is 7.03. The van der Waals surface area contributed by atoms with E-state index in [9.17, 15) is 18.4 Å². The molecule has 22 heavy (non-hydrogen) atoms. The van der Waals surface area contributed by atoms with Gasteiger partial charge in [-0.15, -0.1) is 0 Å². The smallest absolute Gasteiger partial charge is 0.283 e. The average Bonchev–Trinajstić information content (AvgIpc) is 2.51. The van der Waals surface area contributed by atoms with Gasteiger partial charge in [0.15, 0.2) is 11.3 Å². The lowest BCUT2D eigenvalue weighted by Crippen LogP contribution is -2.37. The minimum absolute atomic E-state index is 0.167. The van der Waals surface area contributed by atoms with E-state index in [4.69, 9.17) is 4.74 Å². The van der Waals surface area contributed by atoms with Crippen molar-refractivity contribution in [2.45, 2.75) is 13.0 Å². The van der Waals surface area contributed by atoms with Gasteiger partial charge in [-0.25, -0.2) is 18.7 Å². The van der Waals surface area contributed by atoms with E-state index in [0.717, 1.165) is 0 Å². The number of pyridine rings is 1. The lowest BCUT2D eigenvalue weighted by molar-refractivity contribution is 0.0884. The molecule has 0 saturated carbocycles. The van der Waals surface area contributed by atoms with Crippen LogP contribution >= 0.6 is 0 Å². The number of hydrogen-bond donors (Lipinski definition) is 1. The SMILES string of the molecule is COCCn1c(=O)c(C(=O)NCC(F)F)nc2cccnc21. The summed E-state index contributed by atoms with van der Waals surface area (Å²) in [7, 11) is 1.47. The molecule has 0 saturated heterocycles. The summed E-state index contributed by atoms with van der Waals surface area (Å²) in [5.41, 5.74) is -0.525. The first-order valence-electron chi connectivity index (χ1n) is 6.45. The van der Waals surface area contributed by atoms with Crippen LogP contribution in [0.15, 0.2) is 23.1 Å². The maximum Gasteiger partial charge on any atom is 0.283 e. The normalized spacial score (nSPS) is 11.1. The second-order valence-electron chi connectivity index (χ2n) is 4.36. The van der Waals surface area contributed by atoms with Gasteiger partial charge >= 0.3 is 0 Å². The molecular weight excluding hydrogens is 298 g/mol. The molecule has 7 nitrogen and oxygen atoms in total. The predicted molar refractivity (Wildman–Crippen MR) is 74.0 cm³/mol. The number of halogens is 2. The van der Waals surface area contributed by atoms with Crippen molar-refractivity contribution in [1.29, 1.82) is 0 Å². The zero-order valence-corrected chi connectivity index (χ0v) is 11.8. The van der Waals surface area contributed by atoms with Crippen molar-refractivity contribution in [2.24, 2.45) is 0 Å².